The molecule has 0 amide bonds. The van der Waals surface area contributed by atoms with E-state index in [2.05, 4.69) is 5.32 Å². The number of halogens is 2. The lowest BCUT2D eigenvalue weighted by Gasteiger charge is -2.16. The van der Waals surface area contributed by atoms with E-state index < -0.39 is 18.2 Å². The lowest BCUT2D eigenvalue weighted by molar-refractivity contribution is -0.145. The highest BCUT2D eigenvalue weighted by atomic mass is 35.5. The first-order valence-corrected chi connectivity index (χ1v) is 11.0. The maximum absolute atomic E-state index is 11.1. The van der Waals surface area contributed by atoms with Gasteiger partial charge in [0.25, 0.3) is 0 Å². The predicted molar refractivity (Wildman–Crippen MR) is 125 cm³/mol. The number of rotatable bonds is 10. The topological polar surface area (TPSA) is 78.8 Å². The van der Waals surface area contributed by atoms with E-state index in [1.54, 1.807) is 19.1 Å². The van der Waals surface area contributed by atoms with Crippen LogP contribution in [0.5, 0.6) is 5.75 Å². The quantitative estimate of drug-likeness (QED) is 0.446. The molecule has 0 spiro atoms. The van der Waals surface area contributed by atoms with E-state index in [-0.39, 0.29) is 12.4 Å². The number of nitrogens with one attached hydrogen (secondary N) is 1. The van der Waals surface area contributed by atoms with Crippen LogP contribution in [0.25, 0.3) is 0 Å². The van der Waals surface area contributed by atoms with Crippen LogP contribution < -0.4 is 10.1 Å². The normalized spacial score (nSPS) is 20.0. The Kier molecular flexibility index (Phi) is 10.1. The molecule has 3 N–H and O–H groups in total. The molecule has 4 atom stereocenters. The van der Waals surface area contributed by atoms with E-state index in [1.165, 1.54) is 5.56 Å². The van der Waals surface area contributed by atoms with Crippen LogP contribution in [0.1, 0.15) is 55.8 Å². The fourth-order valence-electron chi connectivity index (χ4n) is 4.11. The molecular weight excluding hydrogens is 437 g/mol. The average molecular weight is 468 g/mol. The minimum absolute atomic E-state index is 0. The van der Waals surface area contributed by atoms with Crippen molar-refractivity contribution in [3.8, 4) is 5.75 Å². The predicted octanol–water partition coefficient (Wildman–Crippen LogP) is 5.21. The molecule has 0 bridgehead atoms. The average Bonchev–Trinajstić information content (AvgIpc) is 3.21. The summed E-state index contributed by atoms with van der Waals surface area (Å²) in [4.78, 5) is 11.1. The van der Waals surface area contributed by atoms with Gasteiger partial charge in [-0.05, 0) is 79.5 Å². The zero-order valence-corrected chi connectivity index (χ0v) is 19.2. The first kappa shape index (κ1) is 25.5. The largest absolute Gasteiger partial charge is 0.479 e. The van der Waals surface area contributed by atoms with Gasteiger partial charge in [0.1, 0.15) is 5.75 Å². The van der Waals surface area contributed by atoms with Crippen LogP contribution in [-0.2, 0) is 4.79 Å². The highest BCUT2D eigenvalue weighted by Crippen LogP contribution is 2.38. The van der Waals surface area contributed by atoms with E-state index in [4.69, 9.17) is 21.4 Å². The molecule has 0 heterocycles. The maximum atomic E-state index is 11.1. The Balaban J connectivity index is 0.00000341. The number of hydrogen-bond acceptors (Lipinski definition) is 4. The summed E-state index contributed by atoms with van der Waals surface area (Å²) in [7, 11) is 0. The van der Waals surface area contributed by atoms with E-state index in [1.807, 2.05) is 36.4 Å². The summed E-state index contributed by atoms with van der Waals surface area (Å²) in [6.07, 6.45) is 2.45. The summed E-state index contributed by atoms with van der Waals surface area (Å²) in [6, 6.07) is 15.2. The number of aliphatic hydroxyl groups excluding tert-OH is 1. The molecular formula is C24H31Cl2NO4. The molecule has 31 heavy (non-hydrogen) atoms. The van der Waals surface area contributed by atoms with Gasteiger partial charge in [0.2, 0.25) is 0 Å². The van der Waals surface area contributed by atoms with Crippen molar-refractivity contribution in [1.82, 2.24) is 5.32 Å². The molecule has 1 aliphatic rings. The summed E-state index contributed by atoms with van der Waals surface area (Å²) in [5, 5.41) is 23.5. The number of hydrogen-bond donors (Lipinski definition) is 3. The Morgan fingerprint density at radius 3 is 2.61 bits per heavy atom. The molecule has 0 aliphatic heterocycles. The summed E-state index contributed by atoms with van der Waals surface area (Å²) < 4.78 is 5.54. The SMILES string of the molecule is CC[C@@H](Oc1ccc(C2CCC(CNCC(O)c3cccc(Cl)c3)C2)cc1)C(=O)O.Cl. The Bertz CT molecular complexity index is 831. The first-order chi connectivity index (χ1) is 14.5. The van der Waals surface area contributed by atoms with Crippen LogP contribution in [0, 0.1) is 5.92 Å². The zero-order valence-electron chi connectivity index (χ0n) is 17.7. The van der Waals surface area contributed by atoms with Crippen LogP contribution >= 0.6 is 24.0 Å². The van der Waals surface area contributed by atoms with E-state index >= 15 is 0 Å². The van der Waals surface area contributed by atoms with Crippen molar-refractivity contribution < 1.29 is 19.7 Å². The van der Waals surface area contributed by atoms with Crippen molar-refractivity contribution >= 4 is 30.0 Å². The number of carbonyl (C=O) groups is 1. The van der Waals surface area contributed by atoms with Crippen LogP contribution in [-0.4, -0.2) is 35.4 Å². The van der Waals surface area contributed by atoms with Crippen LogP contribution in [0.3, 0.4) is 0 Å². The van der Waals surface area contributed by atoms with Crippen molar-refractivity contribution in [3.05, 3.63) is 64.7 Å². The molecule has 3 unspecified atom stereocenters. The molecule has 2 aromatic rings. The zero-order chi connectivity index (χ0) is 21.5. The van der Waals surface area contributed by atoms with Gasteiger partial charge in [-0.2, -0.15) is 0 Å². The minimum Gasteiger partial charge on any atom is -0.479 e. The highest BCUT2D eigenvalue weighted by molar-refractivity contribution is 6.30. The molecule has 1 saturated carbocycles. The second-order valence-corrected chi connectivity index (χ2v) is 8.46. The molecule has 1 fully saturated rings. The molecule has 3 rings (SSSR count). The van der Waals surface area contributed by atoms with Crippen LogP contribution in [0.15, 0.2) is 48.5 Å². The van der Waals surface area contributed by atoms with E-state index in [0.29, 0.717) is 35.6 Å². The molecule has 170 valence electrons. The van der Waals surface area contributed by atoms with Crippen molar-refractivity contribution in [1.29, 1.82) is 0 Å². The maximum Gasteiger partial charge on any atom is 0.344 e. The van der Waals surface area contributed by atoms with Crippen molar-refractivity contribution in [2.75, 3.05) is 13.1 Å². The van der Waals surface area contributed by atoms with Crippen LogP contribution in [0.2, 0.25) is 5.02 Å². The monoisotopic (exact) mass is 467 g/mol. The molecule has 7 heteroatoms. The Hall–Kier alpha value is -1.79. The number of carboxylic acid groups (broad SMARTS) is 1. The first-order valence-electron chi connectivity index (χ1n) is 10.6. The molecule has 0 saturated heterocycles. The van der Waals surface area contributed by atoms with Crippen molar-refractivity contribution in [2.45, 2.75) is 50.7 Å². The fourth-order valence-corrected chi connectivity index (χ4v) is 4.31. The molecule has 2 aromatic carbocycles. The van der Waals surface area contributed by atoms with Gasteiger partial charge in [-0.3, -0.25) is 0 Å². The fraction of sp³-hybridized carbons (Fsp3) is 0.458. The summed E-state index contributed by atoms with van der Waals surface area (Å²) in [5.41, 5.74) is 2.10. The summed E-state index contributed by atoms with van der Waals surface area (Å²) in [6.45, 7) is 3.19. The number of benzene rings is 2. The standard InChI is InChI=1S/C24H30ClNO4.ClH/c1-2-23(24(28)29)30-21-10-8-17(9-11-21)18-7-6-16(12-18)14-26-15-22(27)19-4-3-5-20(25)13-19;/h3-5,8-11,13,16,18,22-23,26-27H,2,6-7,12,14-15H2,1H3,(H,28,29);1H/t16?,18?,22?,23-;/m1./s1. The van der Waals surface area contributed by atoms with Gasteiger partial charge in [-0.1, -0.05) is 42.8 Å². The number of aliphatic carboxylic acids is 1. The molecule has 0 radical (unpaired) electrons. The van der Waals surface area contributed by atoms with E-state index in [9.17, 15) is 9.90 Å². The third-order valence-electron chi connectivity index (χ3n) is 5.82. The third kappa shape index (κ3) is 7.39. The number of aliphatic hydroxyl groups is 1. The van der Waals surface area contributed by atoms with Gasteiger partial charge in [0.15, 0.2) is 6.10 Å². The van der Waals surface area contributed by atoms with Gasteiger partial charge < -0.3 is 20.3 Å². The molecule has 5 nitrogen and oxygen atoms in total. The summed E-state index contributed by atoms with van der Waals surface area (Å²) >= 11 is 5.99. The van der Waals surface area contributed by atoms with Gasteiger partial charge in [0, 0.05) is 11.6 Å². The van der Waals surface area contributed by atoms with Gasteiger partial charge in [0.05, 0.1) is 6.10 Å². The second-order valence-electron chi connectivity index (χ2n) is 8.03. The number of ether oxygens (including phenoxy) is 1. The Morgan fingerprint density at radius 1 is 1.23 bits per heavy atom. The smallest absolute Gasteiger partial charge is 0.344 e. The Labute approximate surface area is 195 Å². The van der Waals surface area contributed by atoms with Gasteiger partial charge >= 0.3 is 5.97 Å². The Morgan fingerprint density at radius 2 is 1.97 bits per heavy atom. The molecule has 1 aliphatic carbocycles. The van der Waals surface area contributed by atoms with Crippen molar-refractivity contribution in [2.24, 2.45) is 5.92 Å². The number of carboxylic acids is 1. The second kappa shape index (κ2) is 12.3. The molecule has 0 aromatic heterocycles. The van der Waals surface area contributed by atoms with Crippen LogP contribution in [0.4, 0.5) is 0 Å². The summed E-state index contributed by atoms with van der Waals surface area (Å²) in [5.74, 6) is 0.742. The highest BCUT2D eigenvalue weighted by Gasteiger charge is 2.26. The van der Waals surface area contributed by atoms with E-state index in [0.717, 1.165) is 31.4 Å². The lowest BCUT2D eigenvalue weighted by Crippen LogP contribution is -2.26. The van der Waals surface area contributed by atoms with Gasteiger partial charge in [-0.15, -0.1) is 12.4 Å². The minimum atomic E-state index is -0.937. The van der Waals surface area contributed by atoms with Crippen molar-refractivity contribution in [3.63, 3.8) is 0 Å². The lowest BCUT2D eigenvalue weighted by atomic mass is 9.96. The van der Waals surface area contributed by atoms with Gasteiger partial charge in [-0.25, -0.2) is 4.79 Å². The third-order valence-corrected chi connectivity index (χ3v) is 6.06.